The quantitative estimate of drug-likeness (QED) is 0.701. The van der Waals surface area contributed by atoms with Crippen LogP contribution < -0.4 is 5.32 Å². The first-order valence-electron chi connectivity index (χ1n) is 7.40. The number of aliphatic hydroxyl groups excluding tert-OH is 2. The summed E-state index contributed by atoms with van der Waals surface area (Å²) in [6, 6.07) is 10.5. The first-order chi connectivity index (χ1) is 11.5. The van der Waals surface area contributed by atoms with Crippen LogP contribution in [0.3, 0.4) is 0 Å². The zero-order chi connectivity index (χ0) is 17.5. The van der Waals surface area contributed by atoms with Crippen LogP contribution >= 0.6 is 0 Å². The van der Waals surface area contributed by atoms with Gasteiger partial charge in [-0.15, -0.1) is 0 Å². The van der Waals surface area contributed by atoms with E-state index in [4.69, 9.17) is 4.74 Å². The number of ether oxygens (including phenoxy) is 1. The van der Waals surface area contributed by atoms with E-state index < -0.39 is 24.2 Å². The Labute approximate surface area is 138 Å². The van der Waals surface area contributed by atoms with Crippen LogP contribution in [-0.4, -0.2) is 33.9 Å². The van der Waals surface area contributed by atoms with Gasteiger partial charge in [-0.3, -0.25) is 0 Å². The van der Waals surface area contributed by atoms with E-state index in [0.29, 0.717) is 5.56 Å². The number of carbonyl (C=O) groups excluding carboxylic acids is 1. The predicted molar refractivity (Wildman–Crippen MR) is 84.5 cm³/mol. The molecule has 0 saturated heterocycles. The number of nitrogens with zero attached hydrogens (tertiary/aromatic N) is 1. The van der Waals surface area contributed by atoms with E-state index in [2.05, 4.69) is 10.3 Å². The molecule has 24 heavy (non-hydrogen) atoms. The van der Waals surface area contributed by atoms with Gasteiger partial charge in [0.1, 0.15) is 18.8 Å². The van der Waals surface area contributed by atoms with E-state index >= 15 is 0 Å². The zero-order valence-electron chi connectivity index (χ0n) is 13.1. The summed E-state index contributed by atoms with van der Waals surface area (Å²) in [7, 11) is 0. The highest BCUT2D eigenvalue weighted by Gasteiger charge is 2.23. The van der Waals surface area contributed by atoms with Crippen molar-refractivity contribution in [1.82, 2.24) is 10.3 Å². The Morgan fingerprint density at radius 1 is 1.33 bits per heavy atom. The van der Waals surface area contributed by atoms with Crippen molar-refractivity contribution in [3.05, 3.63) is 65.2 Å². The molecule has 128 valence electrons. The lowest BCUT2D eigenvalue weighted by molar-refractivity contribution is 0.0159. The van der Waals surface area contributed by atoms with Crippen molar-refractivity contribution in [2.24, 2.45) is 0 Å². The third-order valence-corrected chi connectivity index (χ3v) is 3.35. The maximum atomic E-state index is 13.6. The standard InChI is InChI=1S/C17H19FN2O4/c1-11-7-13(16(18)19-8-11)15(22)14(21)9-20-17(23)24-10-12-5-3-2-4-6-12/h2-8,14-15,21-22H,9-10H2,1H3,(H,20,23). The summed E-state index contributed by atoms with van der Waals surface area (Å²) in [4.78, 5) is 15.1. The molecule has 2 unspecified atom stereocenters. The Morgan fingerprint density at radius 3 is 2.75 bits per heavy atom. The topological polar surface area (TPSA) is 91.7 Å². The van der Waals surface area contributed by atoms with E-state index in [1.54, 1.807) is 19.1 Å². The van der Waals surface area contributed by atoms with Crippen molar-refractivity contribution in [3.8, 4) is 0 Å². The molecule has 0 fully saturated rings. The number of hydrogen-bond donors (Lipinski definition) is 3. The Kier molecular flexibility index (Phi) is 6.22. The van der Waals surface area contributed by atoms with Crippen LogP contribution in [0.25, 0.3) is 0 Å². The number of alkyl carbamates (subject to hydrolysis) is 1. The lowest BCUT2D eigenvalue weighted by Gasteiger charge is -2.19. The molecule has 0 radical (unpaired) electrons. The number of pyridine rings is 1. The number of aliphatic hydroxyl groups is 2. The monoisotopic (exact) mass is 334 g/mol. The van der Waals surface area contributed by atoms with E-state index in [9.17, 15) is 19.4 Å². The normalized spacial score (nSPS) is 13.2. The van der Waals surface area contributed by atoms with E-state index in [1.165, 1.54) is 12.3 Å². The van der Waals surface area contributed by atoms with Gasteiger partial charge in [0.25, 0.3) is 0 Å². The minimum Gasteiger partial charge on any atom is -0.445 e. The molecule has 0 saturated carbocycles. The van der Waals surface area contributed by atoms with Gasteiger partial charge < -0.3 is 20.3 Å². The summed E-state index contributed by atoms with van der Waals surface area (Å²) < 4.78 is 18.6. The van der Waals surface area contributed by atoms with Crippen molar-refractivity contribution >= 4 is 6.09 Å². The van der Waals surface area contributed by atoms with E-state index in [0.717, 1.165) is 5.56 Å². The fourth-order valence-corrected chi connectivity index (χ4v) is 2.06. The zero-order valence-corrected chi connectivity index (χ0v) is 13.1. The van der Waals surface area contributed by atoms with Gasteiger partial charge in [-0.25, -0.2) is 9.78 Å². The van der Waals surface area contributed by atoms with Crippen molar-refractivity contribution < 1.29 is 24.1 Å². The fraction of sp³-hybridized carbons (Fsp3) is 0.294. The number of hydrogen-bond acceptors (Lipinski definition) is 5. The van der Waals surface area contributed by atoms with E-state index in [1.807, 2.05) is 18.2 Å². The molecule has 6 nitrogen and oxygen atoms in total. The number of benzene rings is 1. The average Bonchev–Trinajstić information content (AvgIpc) is 2.60. The lowest BCUT2D eigenvalue weighted by atomic mass is 10.0. The summed E-state index contributed by atoms with van der Waals surface area (Å²) in [6.45, 7) is 1.48. The molecule has 0 aliphatic heterocycles. The Hall–Kier alpha value is -2.51. The summed E-state index contributed by atoms with van der Waals surface area (Å²) in [5.41, 5.74) is 1.34. The van der Waals surface area contributed by atoms with Crippen LogP contribution in [-0.2, 0) is 11.3 Å². The predicted octanol–water partition coefficient (Wildman–Crippen LogP) is 1.85. The number of aryl methyl sites for hydroxylation is 1. The fourth-order valence-electron chi connectivity index (χ4n) is 2.06. The van der Waals surface area contributed by atoms with Gasteiger partial charge in [0.2, 0.25) is 5.95 Å². The average molecular weight is 334 g/mol. The van der Waals surface area contributed by atoms with Gasteiger partial charge in [-0.05, 0) is 24.1 Å². The molecule has 3 N–H and O–H groups in total. The Morgan fingerprint density at radius 2 is 2.04 bits per heavy atom. The first kappa shape index (κ1) is 17.8. The molecule has 0 aliphatic carbocycles. The van der Waals surface area contributed by atoms with E-state index in [-0.39, 0.29) is 18.7 Å². The molecule has 1 amide bonds. The number of nitrogens with one attached hydrogen (secondary N) is 1. The van der Waals surface area contributed by atoms with Gasteiger partial charge in [0, 0.05) is 18.3 Å². The lowest BCUT2D eigenvalue weighted by Crippen LogP contribution is -2.36. The van der Waals surface area contributed by atoms with Crippen LogP contribution in [0.1, 0.15) is 22.8 Å². The SMILES string of the molecule is Cc1cnc(F)c(C(O)C(O)CNC(=O)OCc2ccccc2)c1. The molecular weight excluding hydrogens is 315 g/mol. The third kappa shape index (κ3) is 5.00. The maximum absolute atomic E-state index is 13.6. The van der Waals surface area contributed by atoms with Gasteiger partial charge in [-0.1, -0.05) is 30.3 Å². The van der Waals surface area contributed by atoms with Gasteiger partial charge >= 0.3 is 6.09 Å². The molecule has 0 spiro atoms. The second-order valence-corrected chi connectivity index (χ2v) is 5.35. The van der Waals surface area contributed by atoms with Crippen molar-refractivity contribution in [3.63, 3.8) is 0 Å². The number of halogens is 1. The van der Waals surface area contributed by atoms with Crippen LogP contribution in [0.2, 0.25) is 0 Å². The van der Waals surface area contributed by atoms with Crippen LogP contribution in [0.5, 0.6) is 0 Å². The van der Waals surface area contributed by atoms with Crippen LogP contribution in [0.15, 0.2) is 42.6 Å². The molecule has 1 heterocycles. The molecule has 2 atom stereocenters. The highest BCUT2D eigenvalue weighted by molar-refractivity contribution is 5.67. The molecule has 2 aromatic rings. The molecule has 0 aliphatic rings. The highest BCUT2D eigenvalue weighted by Crippen LogP contribution is 2.19. The minimum atomic E-state index is -1.51. The van der Waals surface area contributed by atoms with Crippen molar-refractivity contribution in [2.75, 3.05) is 6.54 Å². The van der Waals surface area contributed by atoms with Gasteiger partial charge in [-0.2, -0.15) is 4.39 Å². The van der Waals surface area contributed by atoms with Crippen molar-refractivity contribution in [2.45, 2.75) is 25.7 Å². The van der Waals surface area contributed by atoms with Gasteiger partial charge in [0.05, 0.1) is 0 Å². The van der Waals surface area contributed by atoms with Crippen LogP contribution in [0, 0.1) is 12.9 Å². The summed E-state index contributed by atoms with van der Waals surface area (Å²) in [6.07, 6.45) is -2.33. The summed E-state index contributed by atoms with van der Waals surface area (Å²) in [5.74, 6) is -0.862. The minimum absolute atomic E-state index is 0.0851. The highest BCUT2D eigenvalue weighted by atomic mass is 19.1. The number of carbonyl (C=O) groups is 1. The molecule has 1 aromatic carbocycles. The number of amides is 1. The maximum Gasteiger partial charge on any atom is 0.407 e. The molecule has 2 rings (SSSR count). The summed E-state index contributed by atoms with van der Waals surface area (Å²) in [5, 5.41) is 22.2. The molecule has 0 bridgehead atoms. The third-order valence-electron chi connectivity index (χ3n) is 3.35. The largest absolute Gasteiger partial charge is 0.445 e. The Bertz CT molecular complexity index is 682. The summed E-state index contributed by atoms with van der Waals surface area (Å²) >= 11 is 0. The van der Waals surface area contributed by atoms with Crippen LogP contribution in [0.4, 0.5) is 9.18 Å². The second-order valence-electron chi connectivity index (χ2n) is 5.35. The number of aromatic nitrogens is 1. The Balaban J connectivity index is 1.82. The molecule has 7 heteroatoms. The van der Waals surface area contributed by atoms with Crippen molar-refractivity contribution in [1.29, 1.82) is 0 Å². The second kappa shape index (κ2) is 8.37. The molecule has 1 aromatic heterocycles. The van der Waals surface area contributed by atoms with Gasteiger partial charge in [0.15, 0.2) is 0 Å². The smallest absolute Gasteiger partial charge is 0.407 e. The number of rotatable bonds is 6. The first-order valence-corrected chi connectivity index (χ1v) is 7.40. The molecular formula is C17H19FN2O4.